The Morgan fingerprint density at radius 1 is 0.459 bits per heavy atom. The lowest BCUT2D eigenvalue weighted by molar-refractivity contribution is 0.0594. The third-order valence-corrected chi connectivity index (χ3v) is 33.2. The molecule has 4 heterocycles. The largest absolute Gasteiger partial charge is 0.492 e. The monoisotopic (exact) mass is 1420 g/mol. The summed E-state index contributed by atoms with van der Waals surface area (Å²) in [7, 11) is -0.588. The second-order valence-corrected chi connectivity index (χ2v) is 40.2. The van der Waals surface area contributed by atoms with Gasteiger partial charge in [-0.3, -0.25) is 4.79 Å². The minimum absolute atomic E-state index is 0.135. The topological polar surface area (TPSA) is 105 Å². The maximum Gasteiger partial charge on any atom is 0.341 e. The van der Waals surface area contributed by atoms with Gasteiger partial charge in [0.2, 0.25) is 4.90 Å². The van der Waals surface area contributed by atoms with Crippen molar-refractivity contribution in [3.63, 3.8) is 0 Å². The standard InChI is InChI=1S/C23H29O3S.C23H29O2S.C22H29O3S2.C17H25S/c1-25-23(24)20-15-21(27-13-7-8-14-27)18-11-5-6-12-19(18)22(20)26-16-17-9-3-2-4-10-17;1-17(24)18-10-12-21-19(16-18)11-13-22(23(21)26-14-6-7-15-26)25-20-8-4-2-3-5-9-20;1-27(23,24)21-12-8-11-18-19(25-17-9-4-2-5-10-17)13-14-20(22(18)21)26-15-6-3-7-16-26;1-2-6-15(7-3-1)14-16-8-10-17(11-9-16)18-12-4-5-13-18/h5-6,11-12,15,17H,2-4,7-10,13-14,16H2,1H3;10-13,16,20H,2-9,14-15H2,1H3;8,11-14,17H,2-7,9-10,15-16H2,1H3;8-11,15H,1-7,12-14H2/q4*+1. The third kappa shape index (κ3) is 19.3. The highest BCUT2D eigenvalue weighted by Gasteiger charge is 2.36. The highest BCUT2D eigenvalue weighted by atomic mass is 32.2. The summed E-state index contributed by atoms with van der Waals surface area (Å²) >= 11 is 0. The zero-order valence-electron chi connectivity index (χ0n) is 59.4. The van der Waals surface area contributed by atoms with E-state index in [9.17, 15) is 18.0 Å². The molecule has 8 nitrogen and oxygen atoms in total. The number of carbonyl (C=O) groups is 2. The van der Waals surface area contributed by atoms with Crippen LogP contribution in [-0.4, -0.2) is 98.4 Å². The van der Waals surface area contributed by atoms with Gasteiger partial charge in [-0.25, -0.2) is 13.2 Å². The van der Waals surface area contributed by atoms with Gasteiger partial charge in [-0.2, -0.15) is 0 Å². The second-order valence-electron chi connectivity index (χ2n) is 29.2. The van der Waals surface area contributed by atoms with Crippen molar-refractivity contribution in [3.05, 3.63) is 132 Å². The number of methoxy groups -OCH3 is 1. The van der Waals surface area contributed by atoms with E-state index < -0.39 is 9.84 Å². The van der Waals surface area contributed by atoms with Crippen molar-refractivity contribution in [1.29, 1.82) is 0 Å². The summed E-state index contributed by atoms with van der Waals surface area (Å²) in [6, 6.07) is 40.6. The quantitative estimate of drug-likeness (QED) is 0.0408. The molecule has 15 rings (SSSR count). The molecule has 4 saturated carbocycles. The Morgan fingerprint density at radius 3 is 1.57 bits per heavy atom. The van der Waals surface area contributed by atoms with Crippen LogP contribution in [0.1, 0.15) is 226 Å². The smallest absolute Gasteiger partial charge is 0.341 e. The maximum absolute atomic E-state index is 12.6. The molecule has 0 aromatic heterocycles. The van der Waals surface area contributed by atoms with Gasteiger partial charge in [-0.05, 0) is 213 Å². The van der Waals surface area contributed by atoms with E-state index in [0.29, 0.717) is 40.0 Å². The highest BCUT2D eigenvalue weighted by molar-refractivity contribution is 7.98. The molecule has 4 saturated heterocycles. The van der Waals surface area contributed by atoms with Crippen molar-refractivity contribution in [2.45, 2.75) is 243 Å². The predicted molar refractivity (Wildman–Crippen MR) is 418 cm³/mol. The Hall–Kier alpha value is -4.79. The number of carbonyl (C=O) groups excluding carboxylic acids is 2. The molecular weight excluding hydrogens is 1310 g/mol. The average molecular weight is 1420 g/mol. The fourth-order valence-electron chi connectivity index (χ4n) is 16.5. The Bertz CT molecular complexity index is 3840. The minimum Gasteiger partial charge on any atom is -0.492 e. The molecule has 4 aliphatic carbocycles. The van der Waals surface area contributed by atoms with Crippen molar-refractivity contribution in [3.8, 4) is 17.2 Å². The zero-order valence-corrected chi connectivity index (χ0v) is 63.5. The second kappa shape index (κ2) is 36.4. The Kier molecular flexibility index (Phi) is 27.1. The van der Waals surface area contributed by atoms with Gasteiger partial charge in [0.15, 0.2) is 36.1 Å². The van der Waals surface area contributed by atoms with Gasteiger partial charge >= 0.3 is 5.97 Å². The normalized spacial score (nSPS) is 20.0. The number of ether oxygens (including phenoxy) is 4. The SMILES string of the molecule is CC(=O)c1ccc2c([S+]3CCCC3)c(OC3CCCCCC3)ccc2c1.COC(=O)c1cc([S+]2CCCC2)c2ccccc2c1OCC1CCCCC1.CS(=O)(=O)c1cccc2c(OC3CCCCC3)ccc([S+]3CCCCC3)c12.c1cc([S+]2CCCC2)ccc1CC1CCCCC1. The fraction of sp³-hybridized carbons (Fsp3) is 0.553. The number of benzene rings is 7. The summed E-state index contributed by atoms with van der Waals surface area (Å²) in [6.45, 7) is 2.34. The number of sulfone groups is 1. The molecule has 8 aliphatic rings. The minimum atomic E-state index is -3.29. The van der Waals surface area contributed by atoms with Gasteiger partial charge < -0.3 is 18.9 Å². The first-order chi connectivity index (χ1) is 47.9. The van der Waals surface area contributed by atoms with Gasteiger partial charge in [0.1, 0.15) is 63.1 Å². The molecule has 8 fully saturated rings. The van der Waals surface area contributed by atoms with Crippen LogP contribution in [0, 0.1) is 11.8 Å². The Balaban J connectivity index is 0.000000126. The molecule has 0 radical (unpaired) electrons. The third-order valence-electron chi connectivity index (χ3n) is 21.9. The van der Waals surface area contributed by atoms with Crippen molar-refractivity contribution < 1.29 is 37.0 Å². The van der Waals surface area contributed by atoms with Crippen LogP contribution in [0.15, 0.2) is 140 Å². The first kappa shape index (κ1) is 73.0. The predicted octanol–water partition coefficient (Wildman–Crippen LogP) is 21.0. The first-order valence-corrected chi connectivity index (χ1v) is 46.3. The summed E-state index contributed by atoms with van der Waals surface area (Å²) in [6.07, 6.45) is 42.5. The van der Waals surface area contributed by atoms with E-state index in [-0.39, 0.29) is 50.5 Å². The van der Waals surface area contributed by atoms with Crippen molar-refractivity contribution >= 4 is 97.5 Å². The van der Waals surface area contributed by atoms with E-state index >= 15 is 0 Å². The number of fused-ring (bicyclic) bond motifs is 3. The van der Waals surface area contributed by atoms with Crippen molar-refractivity contribution in [2.24, 2.45) is 11.8 Å². The van der Waals surface area contributed by atoms with Gasteiger partial charge in [0.05, 0.1) is 36.2 Å². The van der Waals surface area contributed by atoms with Crippen molar-refractivity contribution in [1.82, 2.24) is 0 Å². The van der Waals surface area contributed by atoms with Crippen LogP contribution < -0.4 is 14.2 Å². The average Bonchev–Trinajstić information content (AvgIpc) is 0.793. The maximum atomic E-state index is 12.6. The zero-order chi connectivity index (χ0) is 67.6. The van der Waals surface area contributed by atoms with Crippen LogP contribution in [0.5, 0.6) is 17.2 Å². The number of hydrogen-bond donors (Lipinski definition) is 0. The molecule has 0 spiro atoms. The lowest BCUT2D eigenvalue weighted by Crippen LogP contribution is -2.21. The lowest BCUT2D eigenvalue weighted by atomic mass is 9.85. The summed E-state index contributed by atoms with van der Waals surface area (Å²) in [5, 5.41) is 6.67. The molecule has 0 N–H and O–H groups in total. The van der Waals surface area contributed by atoms with Crippen molar-refractivity contribution in [2.75, 3.05) is 66.0 Å². The fourth-order valence-corrected chi connectivity index (χ4v) is 27.4. The lowest BCUT2D eigenvalue weighted by Gasteiger charge is -2.24. The van der Waals surface area contributed by atoms with Crippen LogP contribution in [0.25, 0.3) is 32.3 Å². The van der Waals surface area contributed by atoms with Gasteiger partial charge in [-0.1, -0.05) is 125 Å². The molecule has 0 unspecified atom stereocenters. The summed E-state index contributed by atoms with van der Waals surface area (Å²) < 4.78 is 49.5. The molecule has 4 aliphatic heterocycles. The molecule has 7 aromatic carbocycles. The first-order valence-electron chi connectivity index (χ1n) is 38.2. The van der Waals surface area contributed by atoms with Crippen LogP contribution in [0.4, 0.5) is 0 Å². The van der Waals surface area contributed by atoms with E-state index in [2.05, 4.69) is 84.9 Å². The highest BCUT2D eigenvalue weighted by Crippen LogP contribution is 2.43. The van der Waals surface area contributed by atoms with Crippen LogP contribution in [-0.2, 0) is 64.6 Å². The molecule has 0 atom stereocenters. The summed E-state index contributed by atoms with van der Waals surface area (Å²) in [5.74, 6) is 14.4. The van der Waals surface area contributed by atoms with E-state index in [1.807, 2.05) is 24.3 Å². The van der Waals surface area contributed by atoms with Crippen LogP contribution in [0.2, 0.25) is 0 Å². The number of esters is 1. The Morgan fingerprint density at radius 2 is 0.969 bits per heavy atom. The van der Waals surface area contributed by atoms with Gasteiger partial charge in [0.25, 0.3) is 0 Å². The van der Waals surface area contributed by atoms with Gasteiger partial charge in [0, 0.05) is 83.0 Å². The molecule has 98 heavy (non-hydrogen) atoms. The van der Waals surface area contributed by atoms with Crippen LogP contribution in [0.3, 0.4) is 0 Å². The molecule has 0 bridgehead atoms. The summed E-state index contributed by atoms with van der Waals surface area (Å²) in [5.41, 5.74) is 2.98. The molecule has 7 aromatic rings. The number of rotatable bonds is 16. The molecule has 13 heteroatoms. The summed E-state index contributed by atoms with van der Waals surface area (Å²) in [4.78, 5) is 30.4. The number of Topliss-reactive ketones (excluding diaryl/α,β-unsaturated/α-hetero) is 1. The number of ketones is 1. The molecular formula is C85H112O8S5+4. The van der Waals surface area contributed by atoms with E-state index in [4.69, 9.17) is 18.9 Å². The van der Waals surface area contributed by atoms with E-state index in [0.717, 1.165) is 57.7 Å². The van der Waals surface area contributed by atoms with Gasteiger partial charge in [-0.15, -0.1) is 0 Å². The van der Waals surface area contributed by atoms with E-state index in [1.54, 1.807) is 23.4 Å². The molecule has 0 amide bonds. The number of hydrogen-bond acceptors (Lipinski definition) is 8. The van der Waals surface area contributed by atoms with Crippen LogP contribution >= 0.6 is 0 Å². The Labute approximate surface area is 599 Å². The van der Waals surface area contributed by atoms with E-state index in [1.165, 1.54) is 276 Å². The molecule has 526 valence electrons.